The van der Waals surface area contributed by atoms with Crippen molar-refractivity contribution in [3.63, 3.8) is 0 Å². The molecule has 0 spiro atoms. The van der Waals surface area contributed by atoms with Gasteiger partial charge >= 0.3 is 0 Å². The zero-order chi connectivity index (χ0) is 14.7. The molecule has 0 atom stereocenters. The Morgan fingerprint density at radius 2 is 1.90 bits per heavy atom. The number of nitrogens with zero attached hydrogens (tertiary/aromatic N) is 2. The first-order chi connectivity index (χ1) is 10.3. The number of fused-ring (bicyclic) bond motifs is 1. The molecule has 0 aliphatic rings. The molecule has 0 amide bonds. The number of benzene rings is 2. The molecule has 0 aliphatic carbocycles. The van der Waals surface area contributed by atoms with E-state index in [2.05, 4.69) is 22.3 Å². The maximum atomic E-state index is 9.29. The Bertz CT molecular complexity index is 898. The molecule has 3 aromatic rings. The maximum Gasteiger partial charge on any atom is 0.149 e. The van der Waals surface area contributed by atoms with E-state index in [9.17, 15) is 5.26 Å². The Balaban J connectivity index is 2.07. The summed E-state index contributed by atoms with van der Waals surface area (Å²) < 4.78 is 0. The summed E-state index contributed by atoms with van der Waals surface area (Å²) in [7, 11) is 0. The Hall–Kier alpha value is -3.30. The van der Waals surface area contributed by atoms with Crippen LogP contribution in [0, 0.1) is 23.7 Å². The van der Waals surface area contributed by atoms with Crippen molar-refractivity contribution in [1.29, 1.82) is 5.26 Å². The lowest BCUT2D eigenvalue weighted by molar-refractivity contribution is 1.34. The Morgan fingerprint density at radius 1 is 1.05 bits per heavy atom. The maximum absolute atomic E-state index is 9.29. The highest BCUT2D eigenvalue weighted by Crippen LogP contribution is 2.23. The second-order valence-corrected chi connectivity index (χ2v) is 4.54. The van der Waals surface area contributed by atoms with E-state index < -0.39 is 0 Å². The predicted octanol–water partition coefficient (Wildman–Crippen LogP) is 3.83. The molecule has 2 aromatic carbocycles. The standard InChI is InChI=1S/C18H11N3/c1-2-13-6-5-8-16(10-13)20-18-15(12-19)11-14-7-3-4-9-17(14)21-18/h1,3-11H,(H,20,21). The minimum Gasteiger partial charge on any atom is -0.339 e. The van der Waals surface area contributed by atoms with Crippen molar-refractivity contribution >= 4 is 22.4 Å². The number of hydrogen-bond donors (Lipinski definition) is 1. The average molecular weight is 269 g/mol. The smallest absolute Gasteiger partial charge is 0.149 e. The van der Waals surface area contributed by atoms with E-state index in [1.54, 1.807) is 0 Å². The van der Waals surface area contributed by atoms with Crippen molar-refractivity contribution in [2.75, 3.05) is 5.32 Å². The van der Waals surface area contributed by atoms with Gasteiger partial charge in [-0.1, -0.05) is 30.2 Å². The molecule has 1 aromatic heterocycles. The molecule has 3 rings (SSSR count). The van der Waals surface area contributed by atoms with E-state index in [-0.39, 0.29) is 0 Å². The second kappa shape index (κ2) is 5.36. The second-order valence-electron chi connectivity index (χ2n) is 4.54. The molecule has 3 heteroatoms. The molecule has 1 heterocycles. The molecule has 0 saturated heterocycles. The van der Waals surface area contributed by atoms with Gasteiger partial charge in [-0.05, 0) is 30.3 Å². The number of terminal acetylenes is 1. The number of rotatable bonds is 2. The van der Waals surface area contributed by atoms with Crippen molar-refractivity contribution in [2.45, 2.75) is 0 Å². The minimum atomic E-state index is 0.500. The lowest BCUT2D eigenvalue weighted by atomic mass is 10.1. The van der Waals surface area contributed by atoms with Crippen molar-refractivity contribution in [3.8, 4) is 18.4 Å². The van der Waals surface area contributed by atoms with Crippen LogP contribution >= 0.6 is 0 Å². The van der Waals surface area contributed by atoms with Crippen molar-refractivity contribution in [2.24, 2.45) is 0 Å². The van der Waals surface area contributed by atoms with Crippen LogP contribution in [0.25, 0.3) is 10.9 Å². The summed E-state index contributed by atoms with van der Waals surface area (Å²) in [6.45, 7) is 0. The third-order valence-corrected chi connectivity index (χ3v) is 3.14. The summed E-state index contributed by atoms with van der Waals surface area (Å²) in [6.07, 6.45) is 5.40. The van der Waals surface area contributed by atoms with E-state index in [0.29, 0.717) is 11.4 Å². The minimum absolute atomic E-state index is 0.500. The third kappa shape index (κ3) is 2.54. The van der Waals surface area contributed by atoms with Gasteiger partial charge in [0, 0.05) is 16.6 Å². The molecule has 21 heavy (non-hydrogen) atoms. The molecule has 0 unspecified atom stereocenters. The first kappa shape index (κ1) is 12.7. The number of aromatic nitrogens is 1. The lowest BCUT2D eigenvalue weighted by Crippen LogP contribution is -1.98. The highest BCUT2D eigenvalue weighted by atomic mass is 15.0. The first-order valence-corrected chi connectivity index (χ1v) is 6.44. The van der Waals surface area contributed by atoms with Crippen LogP contribution in [0.5, 0.6) is 0 Å². The zero-order valence-electron chi connectivity index (χ0n) is 11.2. The van der Waals surface area contributed by atoms with E-state index in [1.165, 1.54) is 0 Å². The van der Waals surface area contributed by atoms with Gasteiger partial charge in [-0.25, -0.2) is 4.98 Å². The monoisotopic (exact) mass is 269 g/mol. The quantitative estimate of drug-likeness (QED) is 0.719. The van der Waals surface area contributed by atoms with Gasteiger partial charge in [0.2, 0.25) is 0 Å². The molecule has 0 bridgehead atoms. The number of hydrogen-bond acceptors (Lipinski definition) is 3. The number of nitriles is 1. The molecule has 0 aliphatic heterocycles. The van der Waals surface area contributed by atoms with Crippen LogP contribution in [0.15, 0.2) is 54.6 Å². The fourth-order valence-corrected chi connectivity index (χ4v) is 2.12. The fourth-order valence-electron chi connectivity index (χ4n) is 2.12. The third-order valence-electron chi connectivity index (χ3n) is 3.14. The van der Waals surface area contributed by atoms with Crippen LogP contribution in [0.2, 0.25) is 0 Å². The van der Waals surface area contributed by atoms with Crippen LogP contribution in [0.1, 0.15) is 11.1 Å². The Morgan fingerprint density at radius 3 is 2.71 bits per heavy atom. The van der Waals surface area contributed by atoms with Gasteiger partial charge in [0.05, 0.1) is 11.1 Å². The molecule has 1 N–H and O–H groups in total. The Kier molecular flexibility index (Phi) is 3.25. The van der Waals surface area contributed by atoms with Crippen LogP contribution in [-0.4, -0.2) is 4.98 Å². The van der Waals surface area contributed by atoms with E-state index >= 15 is 0 Å². The van der Waals surface area contributed by atoms with Crippen molar-refractivity contribution in [3.05, 3.63) is 65.7 Å². The van der Waals surface area contributed by atoms with Gasteiger partial charge < -0.3 is 5.32 Å². The molecule has 98 valence electrons. The number of anilines is 2. The first-order valence-electron chi connectivity index (χ1n) is 6.44. The summed E-state index contributed by atoms with van der Waals surface area (Å²) >= 11 is 0. The number of pyridine rings is 1. The van der Waals surface area contributed by atoms with Crippen LogP contribution < -0.4 is 5.32 Å². The lowest BCUT2D eigenvalue weighted by Gasteiger charge is -2.09. The molecule has 0 saturated carbocycles. The summed E-state index contributed by atoms with van der Waals surface area (Å²) in [5.74, 6) is 3.12. The average Bonchev–Trinajstić information content (AvgIpc) is 2.54. The summed E-state index contributed by atoms with van der Waals surface area (Å²) in [4.78, 5) is 4.51. The van der Waals surface area contributed by atoms with Gasteiger partial charge in [-0.15, -0.1) is 6.42 Å². The van der Waals surface area contributed by atoms with Gasteiger partial charge in [-0.3, -0.25) is 0 Å². The van der Waals surface area contributed by atoms with Crippen molar-refractivity contribution < 1.29 is 0 Å². The number of para-hydroxylation sites is 1. The SMILES string of the molecule is C#Cc1cccc(Nc2nc3ccccc3cc2C#N)c1. The van der Waals surface area contributed by atoms with Gasteiger partial charge in [-0.2, -0.15) is 5.26 Å². The van der Waals surface area contributed by atoms with E-state index in [0.717, 1.165) is 22.2 Å². The number of nitrogens with one attached hydrogen (secondary N) is 1. The zero-order valence-corrected chi connectivity index (χ0v) is 11.2. The highest BCUT2D eigenvalue weighted by molar-refractivity contribution is 5.83. The molecule has 0 fully saturated rings. The van der Waals surface area contributed by atoms with Gasteiger partial charge in [0.25, 0.3) is 0 Å². The normalized spacial score (nSPS) is 9.81. The van der Waals surface area contributed by atoms with E-state index in [4.69, 9.17) is 6.42 Å². The van der Waals surface area contributed by atoms with Crippen molar-refractivity contribution in [1.82, 2.24) is 4.98 Å². The summed E-state index contributed by atoms with van der Waals surface area (Å²) in [5.41, 5.74) is 2.93. The van der Waals surface area contributed by atoms with E-state index in [1.807, 2.05) is 54.6 Å². The highest BCUT2D eigenvalue weighted by Gasteiger charge is 2.07. The molecule has 0 radical (unpaired) electrons. The largest absolute Gasteiger partial charge is 0.339 e. The van der Waals surface area contributed by atoms with Crippen LogP contribution in [-0.2, 0) is 0 Å². The van der Waals surface area contributed by atoms with Crippen LogP contribution in [0.4, 0.5) is 11.5 Å². The van der Waals surface area contributed by atoms with Gasteiger partial charge in [0.15, 0.2) is 0 Å². The summed E-state index contributed by atoms with van der Waals surface area (Å²) in [6, 6.07) is 19.1. The molecular formula is C18H11N3. The fraction of sp³-hybridized carbons (Fsp3) is 0. The molecular weight excluding hydrogens is 258 g/mol. The Labute approximate surface area is 122 Å². The predicted molar refractivity (Wildman–Crippen MR) is 84.1 cm³/mol. The van der Waals surface area contributed by atoms with Gasteiger partial charge in [0.1, 0.15) is 11.9 Å². The topological polar surface area (TPSA) is 48.7 Å². The summed E-state index contributed by atoms with van der Waals surface area (Å²) in [5, 5.41) is 13.4. The van der Waals surface area contributed by atoms with Crippen LogP contribution in [0.3, 0.4) is 0 Å². The molecule has 3 nitrogen and oxygen atoms in total.